The summed E-state index contributed by atoms with van der Waals surface area (Å²) in [5.74, 6) is -1.13. The molecule has 0 spiro atoms. The highest BCUT2D eigenvalue weighted by atomic mass is 16.4. The molecule has 1 atom stereocenters. The van der Waals surface area contributed by atoms with Crippen LogP contribution in [0, 0.1) is 0 Å². The average molecular weight is 218 g/mol. The van der Waals surface area contributed by atoms with Crippen molar-refractivity contribution in [2.24, 2.45) is 0 Å². The van der Waals surface area contributed by atoms with E-state index >= 15 is 0 Å². The molecule has 0 aromatic heterocycles. The molecule has 0 aliphatic rings. The fourth-order valence-electron chi connectivity index (χ4n) is 1.67. The first-order chi connectivity index (χ1) is 7.75. The second-order valence-corrected chi connectivity index (χ2v) is 3.76. The molecular weight excluding hydrogens is 200 g/mol. The topological polar surface area (TPSA) is 37.3 Å². The molecule has 16 heavy (non-hydrogen) atoms. The lowest BCUT2D eigenvalue weighted by molar-refractivity contribution is -0.138. The highest BCUT2D eigenvalue weighted by molar-refractivity contribution is 5.76. The van der Waals surface area contributed by atoms with E-state index in [1.807, 2.05) is 30.3 Å². The second kappa shape index (κ2) is 6.83. The van der Waals surface area contributed by atoms with E-state index in [4.69, 9.17) is 5.11 Å². The summed E-state index contributed by atoms with van der Waals surface area (Å²) in [6.07, 6.45) is 6.61. The molecule has 2 heteroatoms. The van der Waals surface area contributed by atoms with Crippen molar-refractivity contribution in [2.75, 3.05) is 0 Å². The van der Waals surface area contributed by atoms with Gasteiger partial charge < -0.3 is 5.11 Å². The smallest absolute Gasteiger partial charge is 0.310 e. The fourth-order valence-corrected chi connectivity index (χ4v) is 1.67. The van der Waals surface area contributed by atoms with Crippen LogP contribution in [-0.2, 0) is 4.79 Å². The number of rotatable bonds is 6. The predicted octanol–water partition coefficient (Wildman–Crippen LogP) is 3.60. The maximum absolute atomic E-state index is 11.1. The Morgan fingerprint density at radius 2 is 2.00 bits per heavy atom. The second-order valence-electron chi connectivity index (χ2n) is 3.76. The zero-order valence-electron chi connectivity index (χ0n) is 9.60. The van der Waals surface area contributed by atoms with Crippen LogP contribution >= 0.6 is 0 Å². The molecule has 0 saturated carbocycles. The van der Waals surface area contributed by atoms with Gasteiger partial charge in [0.05, 0.1) is 5.92 Å². The predicted molar refractivity (Wildman–Crippen MR) is 65.5 cm³/mol. The Balaban J connectivity index is 2.62. The quantitative estimate of drug-likeness (QED) is 0.741. The van der Waals surface area contributed by atoms with E-state index in [0.717, 1.165) is 18.4 Å². The van der Waals surface area contributed by atoms with Crippen LogP contribution in [0.3, 0.4) is 0 Å². The first-order valence-corrected chi connectivity index (χ1v) is 5.68. The van der Waals surface area contributed by atoms with Gasteiger partial charge in [-0.25, -0.2) is 0 Å². The Morgan fingerprint density at radius 3 is 2.56 bits per heavy atom. The summed E-state index contributed by atoms with van der Waals surface area (Å²) >= 11 is 0. The Hall–Kier alpha value is -1.57. The minimum Gasteiger partial charge on any atom is -0.481 e. The van der Waals surface area contributed by atoms with Crippen LogP contribution in [0.4, 0.5) is 0 Å². The molecule has 1 aromatic rings. The van der Waals surface area contributed by atoms with Crippen molar-refractivity contribution in [3.8, 4) is 0 Å². The lowest BCUT2D eigenvalue weighted by Crippen LogP contribution is -2.11. The molecule has 0 bridgehead atoms. The third-order valence-electron chi connectivity index (χ3n) is 2.52. The molecule has 0 radical (unpaired) electrons. The van der Waals surface area contributed by atoms with Crippen molar-refractivity contribution < 1.29 is 9.90 Å². The Kier molecular flexibility index (Phi) is 5.34. The fraction of sp³-hybridized carbons (Fsp3) is 0.357. The molecule has 0 heterocycles. The summed E-state index contributed by atoms with van der Waals surface area (Å²) in [6, 6.07) is 9.42. The van der Waals surface area contributed by atoms with Gasteiger partial charge in [-0.05, 0) is 24.8 Å². The van der Waals surface area contributed by atoms with E-state index in [0.29, 0.717) is 6.42 Å². The van der Waals surface area contributed by atoms with Crippen LogP contribution in [0.1, 0.15) is 37.7 Å². The van der Waals surface area contributed by atoms with Crippen LogP contribution in [0.2, 0.25) is 0 Å². The van der Waals surface area contributed by atoms with Gasteiger partial charge in [0.25, 0.3) is 0 Å². The molecular formula is C14H18O2. The maximum Gasteiger partial charge on any atom is 0.310 e. The number of allylic oxidation sites excluding steroid dienone is 2. The number of aliphatic carboxylic acids is 1. The van der Waals surface area contributed by atoms with Gasteiger partial charge in [0.1, 0.15) is 0 Å². The molecule has 1 N–H and O–H groups in total. The number of hydrogen-bond donors (Lipinski definition) is 1. The first-order valence-electron chi connectivity index (χ1n) is 5.68. The molecule has 86 valence electrons. The van der Waals surface area contributed by atoms with Crippen molar-refractivity contribution >= 4 is 5.97 Å². The summed E-state index contributed by atoms with van der Waals surface area (Å²) in [4.78, 5) is 11.1. The van der Waals surface area contributed by atoms with E-state index in [1.165, 1.54) is 0 Å². The van der Waals surface area contributed by atoms with Crippen molar-refractivity contribution in [1.82, 2.24) is 0 Å². The Morgan fingerprint density at radius 1 is 1.31 bits per heavy atom. The third kappa shape index (κ3) is 3.89. The standard InChI is InChI=1S/C14H18O2/c1-2-3-4-8-11-13(14(15)16)12-9-6-5-7-10-12/h3-7,9-10,13H,2,8,11H2,1H3,(H,15,16)/t13-/m0/s1. The van der Waals surface area contributed by atoms with Gasteiger partial charge in [-0.3, -0.25) is 4.79 Å². The zero-order chi connectivity index (χ0) is 11.8. The SMILES string of the molecule is CCC=CCC[C@H](C(=O)O)c1ccccc1. The summed E-state index contributed by atoms with van der Waals surface area (Å²) in [5.41, 5.74) is 0.889. The van der Waals surface area contributed by atoms with Gasteiger partial charge in [-0.15, -0.1) is 0 Å². The summed E-state index contributed by atoms with van der Waals surface area (Å²) in [6.45, 7) is 2.07. The largest absolute Gasteiger partial charge is 0.481 e. The summed E-state index contributed by atoms with van der Waals surface area (Å²) in [7, 11) is 0. The monoisotopic (exact) mass is 218 g/mol. The number of hydrogen-bond acceptors (Lipinski definition) is 1. The van der Waals surface area contributed by atoms with Crippen LogP contribution < -0.4 is 0 Å². The minimum atomic E-state index is -0.740. The number of benzene rings is 1. The third-order valence-corrected chi connectivity index (χ3v) is 2.52. The van der Waals surface area contributed by atoms with Crippen molar-refractivity contribution in [1.29, 1.82) is 0 Å². The molecule has 0 fully saturated rings. The zero-order valence-corrected chi connectivity index (χ0v) is 9.60. The van der Waals surface area contributed by atoms with Crippen molar-refractivity contribution in [3.05, 3.63) is 48.0 Å². The van der Waals surface area contributed by atoms with Gasteiger partial charge >= 0.3 is 5.97 Å². The van der Waals surface area contributed by atoms with Crippen LogP contribution in [-0.4, -0.2) is 11.1 Å². The van der Waals surface area contributed by atoms with E-state index in [1.54, 1.807) is 0 Å². The molecule has 0 unspecified atom stereocenters. The lowest BCUT2D eigenvalue weighted by Gasteiger charge is -2.11. The van der Waals surface area contributed by atoms with Crippen molar-refractivity contribution in [3.63, 3.8) is 0 Å². The highest BCUT2D eigenvalue weighted by Gasteiger charge is 2.17. The van der Waals surface area contributed by atoms with Gasteiger partial charge in [-0.1, -0.05) is 49.4 Å². The first kappa shape index (κ1) is 12.5. The lowest BCUT2D eigenvalue weighted by atomic mass is 9.94. The van der Waals surface area contributed by atoms with Gasteiger partial charge in [0.15, 0.2) is 0 Å². The minimum absolute atomic E-state index is 0.386. The molecule has 0 amide bonds. The van der Waals surface area contributed by atoms with E-state index in [2.05, 4.69) is 19.1 Å². The van der Waals surface area contributed by atoms with Gasteiger partial charge in [0.2, 0.25) is 0 Å². The molecule has 1 rings (SSSR count). The molecule has 0 aliphatic heterocycles. The average Bonchev–Trinajstić information content (AvgIpc) is 2.30. The molecule has 1 aromatic carbocycles. The maximum atomic E-state index is 11.1. The number of carboxylic acids is 1. The van der Waals surface area contributed by atoms with Crippen LogP contribution in [0.25, 0.3) is 0 Å². The van der Waals surface area contributed by atoms with Gasteiger partial charge in [-0.2, -0.15) is 0 Å². The molecule has 0 saturated heterocycles. The van der Waals surface area contributed by atoms with Gasteiger partial charge in [0, 0.05) is 0 Å². The Labute approximate surface area is 96.6 Å². The van der Waals surface area contributed by atoms with Crippen molar-refractivity contribution in [2.45, 2.75) is 32.1 Å². The van der Waals surface area contributed by atoms with E-state index in [9.17, 15) is 4.79 Å². The summed E-state index contributed by atoms with van der Waals surface area (Å²) in [5, 5.41) is 9.16. The number of carbonyl (C=O) groups is 1. The molecule has 0 aliphatic carbocycles. The van der Waals surface area contributed by atoms with Crippen LogP contribution in [0.15, 0.2) is 42.5 Å². The Bertz CT molecular complexity index is 341. The number of carboxylic acid groups (broad SMARTS) is 1. The van der Waals surface area contributed by atoms with Crippen LogP contribution in [0.5, 0.6) is 0 Å². The highest BCUT2D eigenvalue weighted by Crippen LogP contribution is 2.21. The summed E-state index contributed by atoms with van der Waals surface area (Å²) < 4.78 is 0. The normalized spacial score (nSPS) is 12.8. The molecule has 2 nitrogen and oxygen atoms in total. The van der Waals surface area contributed by atoms with E-state index in [-0.39, 0.29) is 5.92 Å². The van der Waals surface area contributed by atoms with E-state index < -0.39 is 5.97 Å².